The van der Waals surface area contributed by atoms with Crippen molar-refractivity contribution in [3.8, 4) is 22.6 Å². The highest BCUT2D eigenvalue weighted by molar-refractivity contribution is 6.32. The number of halogens is 1. The number of hydrogen-bond donors (Lipinski definition) is 1. The van der Waals surface area contributed by atoms with Gasteiger partial charge >= 0.3 is 5.69 Å². The van der Waals surface area contributed by atoms with Gasteiger partial charge in [-0.15, -0.1) is 0 Å². The Balaban J connectivity index is 1.52. The molecule has 3 aromatic carbocycles. The van der Waals surface area contributed by atoms with Gasteiger partial charge in [0.1, 0.15) is 5.75 Å². The molecular formula is C28H23ClN4O3. The zero-order valence-electron chi connectivity index (χ0n) is 19.8. The molecule has 1 N–H and O–H groups in total. The minimum Gasteiger partial charge on any atom is -0.506 e. The van der Waals surface area contributed by atoms with Crippen LogP contribution in [0.4, 0.5) is 0 Å². The fraction of sp³-hybridized carbons (Fsp3) is 0.179. The molecule has 2 heterocycles. The van der Waals surface area contributed by atoms with E-state index >= 15 is 0 Å². The molecule has 2 aromatic heterocycles. The highest BCUT2D eigenvalue weighted by Gasteiger charge is 2.30. The number of phenols is 1. The van der Waals surface area contributed by atoms with Gasteiger partial charge in [-0.05, 0) is 72.5 Å². The fourth-order valence-electron chi connectivity index (χ4n) is 4.69. The van der Waals surface area contributed by atoms with Crippen molar-refractivity contribution in [2.75, 3.05) is 7.05 Å². The molecule has 0 saturated heterocycles. The van der Waals surface area contributed by atoms with Crippen LogP contribution in [0.5, 0.6) is 5.75 Å². The van der Waals surface area contributed by atoms with E-state index < -0.39 is 0 Å². The largest absolute Gasteiger partial charge is 0.506 e. The second-order valence-electron chi connectivity index (χ2n) is 9.26. The molecule has 5 aromatic rings. The van der Waals surface area contributed by atoms with Gasteiger partial charge in [0.05, 0.1) is 33.5 Å². The minimum absolute atomic E-state index is 0.00387. The summed E-state index contributed by atoms with van der Waals surface area (Å²) in [4.78, 5) is 32.5. The lowest BCUT2D eigenvalue weighted by molar-refractivity contribution is 0.0785. The van der Waals surface area contributed by atoms with Gasteiger partial charge in [0, 0.05) is 31.1 Å². The number of hydrogen-bond acceptors (Lipinski definition) is 4. The lowest BCUT2D eigenvalue weighted by atomic mass is 10.0. The molecule has 0 bridgehead atoms. The summed E-state index contributed by atoms with van der Waals surface area (Å²) >= 11 is 5.99. The molecule has 7 nitrogen and oxygen atoms in total. The monoisotopic (exact) mass is 498 g/mol. The first-order chi connectivity index (χ1) is 17.3. The van der Waals surface area contributed by atoms with E-state index in [0.29, 0.717) is 22.8 Å². The van der Waals surface area contributed by atoms with E-state index in [1.54, 1.807) is 51.5 Å². The molecule has 1 fully saturated rings. The van der Waals surface area contributed by atoms with Gasteiger partial charge in [-0.1, -0.05) is 23.7 Å². The van der Waals surface area contributed by atoms with Gasteiger partial charge in [0.15, 0.2) is 0 Å². The van der Waals surface area contributed by atoms with Gasteiger partial charge in [-0.2, -0.15) is 0 Å². The van der Waals surface area contributed by atoms with Crippen LogP contribution in [0.25, 0.3) is 38.8 Å². The molecule has 0 unspecified atom stereocenters. The summed E-state index contributed by atoms with van der Waals surface area (Å²) in [5, 5.41) is 11.2. The molecule has 1 amide bonds. The summed E-state index contributed by atoms with van der Waals surface area (Å²) in [6, 6.07) is 18.4. The summed E-state index contributed by atoms with van der Waals surface area (Å²) in [6.45, 7) is 0. The van der Waals surface area contributed by atoms with Gasteiger partial charge in [0.2, 0.25) is 0 Å². The third-order valence-corrected chi connectivity index (χ3v) is 7.27. The zero-order chi connectivity index (χ0) is 25.1. The Morgan fingerprint density at radius 2 is 1.75 bits per heavy atom. The number of carbonyl (C=O) groups excluding carboxylic acids is 1. The molecular weight excluding hydrogens is 476 g/mol. The van der Waals surface area contributed by atoms with Crippen molar-refractivity contribution < 1.29 is 9.90 Å². The van der Waals surface area contributed by atoms with Crippen LogP contribution in [0.15, 0.2) is 71.7 Å². The van der Waals surface area contributed by atoms with Crippen LogP contribution in [-0.2, 0) is 7.05 Å². The molecule has 180 valence electrons. The van der Waals surface area contributed by atoms with Crippen molar-refractivity contribution >= 4 is 39.4 Å². The van der Waals surface area contributed by atoms with E-state index in [4.69, 9.17) is 11.6 Å². The smallest absolute Gasteiger partial charge is 0.333 e. The average Bonchev–Trinajstić information content (AvgIpc) is 3.71. The van der Waals surface area contributed by atoms with Crippen molar-refractivity contribution in [2.45, 2.75) is 18.9 Å². The molecule has 0 spiro atoms. The Bertz CT molecular complexity index is 1730. The first-order valence-corrected chi connectivity index (χ1v) is 12.1. The number of aryl methyl sites for hydroxylation is 1. The molecule has 1 aliphatic rings. The average molecular weight is 499 g/mol. The second kappa shape index (κ2) is 8.24. The van der Waals surface area contributed by atoms with Crippen LogP contribution in [-0.4, -0.2) is 43.1 Å². The number of nitrogens with zero attached hydrogens (tertiary/aromatic N) is 4. The van der Waals surface area contributed by atoms with Gasteiger partial charge in [-0.25, -0.2) is 4.79 Å². The van der Waals surface area contributed by atoms with Crippen LogP contribution in [0, 0.1) is 0 Å². The number of aromatic hydroxyl groups is 1. The SMILES string of the molecule is CN(C(=O)c1ccc(-n2c(=O)n(C)c3cnc4ccc(-c5ccc(Cl)c(O)c5)cc4c32)cc1)C1CC1. The van der Waals surface area contributed by atoms with Crippen molar-refractivity contribution in [3.05, 3.63) is 87.9 Å². The third kappa shape index (κ3) is 3.55. The lowest BCUT2D eigenvalue weighted by Crippen LogP contribution is -2.28. The van der Waals surface area contributed by atoms with E-state index in [2.05, 4.69) is 4.98 Å². The first kappa shape index (κ1) is 22.4. The van der Waals surface area contributed by atoms with Crippen molar-refractivity contribution in [2.24, 2.45) is 7.05 Å². The number of rotatable bonds is 4. The summed E-state index contributed by atoms with van der Waals surface area (Å²) in [7, 11) is 3.55. The van der Waals surface area contributed by atoms with Gasteiger partial charge < -0.3 is 10.0 Å². The molecule has 6 rings (SSSR count). The topological polar surface area (TPSA) is 80.4 Å². The maximum Gasteiger partial charge on any atom is 0.333 e. The normalized spacial score (nSPS) is 13.4. The van der Waals surface area contributed by atoms with E-state index in [9.17, 15) is 14.7 Å². The predicted octanol–water partition coefficient (Wildman–Crippen LogP) is 5.14. The van der Waals surface area contributed by atoms with Crippen LogP contribution in [0.3, 0.4) is 0 Å². The quantitative estimate of drug-likeness (QED) is 0.372. The van der Waals surface area contributed by atoms with E-state index in [-0.39, 0.29) is 22.4 Å². The minimum atomic E-state index is -0.206. The van der Waals surface area contributed by atoms with E-state index in [1.165, 1.54) is 0 Å². The summed E-state index contributed by atoms with van der Waals surface area (Å²) in [5.74, 6) is -0.0102. The molecule has 8 heteroatoms. The van der Waals surface area contributed by atoms with Crippen LogP contribution in [0.2, 0.25) is 5.02 Å². The second-order valence-corrected chi connectivity index (χ2v) is 9.67. The van der Waals surface area contributed by atoms with Crippen molar-refractivity contribution in [1.29, 1.82) is 0 Å². The number of aromatic nitrogens is 3. The number of carbonyl (C=O) groups is 1. The van der Waals surface area contributed by atoms with Crippen LogP contribution >= 0.6 is 11.6 Å². The summed E-state index contributed by atoms with van der Waals surface area (Å²) in [6.07, 6.45) is 3.79. The van der Waals surface area contributed by atoms with Crippen molar-refractivity contribution in [3.63, 3.8) is 0 Å². The Morgan fingerprint density at radius 1 is 1.06 bits per heavy atom. The Hall–Kier alpha value is -4.10. The Morgan fingerprint density at radius 3 is 2.44 bits per heavy atom. The maximum absolute atomic E-state index is 13.4. The first-order valence-electron chi connectivity index (χ1n) is 11.7. The van der Waals surface area contributed by atoms with Crippen LogP contribution in [0.1, 0.15) is 23.2 Å². The molecule has 0 aliphatic heterocycles. The van der Waals surface area contributed by atoms with E-state index in [0.717, 1.165) is 40.4 Å². The summed E-state index contributed by atoms with van der Waals surface area (Å²) < 4.78 is 3.23. The summed E-state index contributed by atoms with van der Waals surface area (Å²) in [5.41, 5.74) is 4.86. The zero-order valence-corrected chi connectivity index (χ0v) is 20.5. The molecule has 36 heavy (non-hydrogen) atoms. The highest BCUT2D eigenvalue weighted by atomic mass is 35.5. The Labute approximate surface area is 211 Å². The van der Waals surface area contributed by atoms with Gasteiger partial charge in [0.25, 0.3) is 5.91 Å². The standard InChI is InChI=1S/C28H23ClN4O3/c1-31(19-9-10-19)27(35)16-3-7-20(8-4-16)33-26-21-13-17(18-5-11-22(29)25(34)14-18)6-12-23(21)30-15-24(26)32(2)28(33)36/h3-8,11-15,19,34H,9-10H2,1-2H3. The molecule has 1 saturated carbocycles. The van der Waals surface area contributed by atoms with Gasteiger partial charge in [-0.3, -0.25) is 18.9 Å². The lowest BCUT2D eigenvalue weighted by Gasteiger charge is -2.16. The number of benzene rings is 3. The fourth-order valence-corrected chi connectivity index (χ4v) is 4.81. The molecule has 0 radical (unpaired) electrons. The number of imidazole rings is 1. The predicted molar refractivity (Wildman–Crippen MR) is 141 cm³/mol. The number of fused-ring (bicyclic) bond motifs is 3. The Kier molecular flexibility index (Phi) is 5.12. The van der Waals surface area contributed by atoms with Crippen LogP contribution < -0.4 is 5.69 Å². The maximum atomic E-state index is 13.4. The highest BCUT2D eigenvalue weighted by Crippen LogP contribution is 2.33. The van der Waals surface area contributed by atoms with E-state index in [1.807, 2.05) is 43.4 Å². The number of amides is 1. The molecule has 1 aliphatic carbocycles. The third-order valence-electron chi connectivity index (χ3n) is 6.95. The van der Waals surface area contributed by atoms with Crippen molar-refractivity contribution in [1.82, 2.24) is 19.0 Å². The number of pyridine rings is 1. The molecule has 0 atom stereocenters. The number of phenolic OH excluding ortho intramolecular Hbond substituents is 1.